The van der Waals surface area contributed by atoms with E-state index in [0.29, 0.717) is 50.5 Å². The Balaban J connectivity index is 1.77. The number of amides is 1. The predicted molar refractivity (Wildman–Crippen MR) is 86.3 cm³/mol. The molecule has 1 unspecified atom stereocenters. The minimum Gasteiger partial charge on any atom is -0.376 e. The maximum absolute atomic E-state index is 12.3. The van der Waals surface area contributed by atoms with Crippen LogP contribution in [-0.4, -0.2) is 43.6 Å². The van der Waals surface area contributed by atoms with E-state index in [-0.39, 0.29) is 11.8 Å². The zero-order valence-corrected chi connectivity index (χ0v) is 13.8. The molecule has 0 saturated carbocycles. The van der Waals surface area contributed by atoms with Crippen molar-refractivity contribution in [2.75, 3.05) is 31.1 Å². The fourth-order valence-corrected chi connectivity index (χ4v) is 3.30. The number of nitrogens with zero attached hydrogens (tertiary/aromatic N) is 3. The van der Waals surface area contributed by atoms with Crippen LogP contribution in [0, 0.1) is 17.2 Å². The van der Waals surface area contributed by atoms with Crippen molar-refractivity contribution >= 4 is 11.7 Å². The normalized spacial score (nSPS) is 20.1. The summed E-state index contributed by atoms with van der Waals surface area (Å²) in [6.07, 6.45) is -0.468. The number of nitrogens with one attached hydrogen (secondary N) is 1. The molecule has 8 heteroatoms. The lowest BCUT2D eigenvalue weighted by molar-refractivity contribution is -0.125. The lowest BCUT2D eigenvalue weighted by Gasteiger charge is -2.34. The quantitative estimate of drug-likeness (QED) is 0.893. The molecule has 2 aliphatic heterocycles. The summed E-state index contributed by atoms with van der Waals surface area (Å²) in [4.78, 5) is 18.7. The molecule has 0 aliphatic carbocycles. The van der Waals surface area contributed by atoms with Gasteiger partial charge in [0.15, 0.2) is 0 Å². The van der Waals surface area contributed by atoms with Gasteiger partial charge in [0.1, 0.15) is 11.9 Å². The van der Waals surface area contributed by atoms with Crippen LogP contribution in [0.2, 0.25) is 0 Å². The van der Waals surface area contributed by atoms with Crippen molar-refractivity contribution in [3.8, 4) is 6.07 Å². The van der Waals surface area contributed by atoms with E-state index in [0.717, 1.165) is 17.7 Å². The molecule has 3 heterocycles. The molecule has 1 fully saturated rings. The first-order valence-corrected chi connectivity index (χ1v) is 8.40. The number of nitriles is 1. The lowest BCUT2D eigenvalue weighted by atomic mass is 9.96. The summed E-state index contributed by atoms with van der Waals surface area (Å²) >= 11 is 0. The molecule has 134 valence electrons. The van der Waals surface area contributed by atoms with Gasteiger partial charge in [-0.1, -0.05) is 0 Å². The van der Waals surface area contributed by atoms with Crippen molar-refractivity contribution in [2.45, 2.75) is 32.3 Å². The number of aromatic nitrogens is 1. The van der Waals surface area contributed by atoms with Gasteiger partial charge in [-0.05, 0) is 18.9 Å². The highest BCUT2D eigenvalue weighted by Gasteiger charge is 2.29. The van der Waals surface area contributed by atoms with E-state index in [2.05, 4.69) is 16.4 Å². The summed E-state index contributed by atoms with van der Waals surface area (Å²) in [6, 6.07) is 3.97. The Bertz CT molecular complexity index is 690. The molecule has 2 aliphatic rings. The second-order valence-corrected chi connectivity index (χ2v) is 6.30. The van der Waals surface area contributed by atoms with Gasteiger partial charge < -0.3 is 15.0 Å². The minimum atomic E-state index is -2.56. The highest BCUT2D eigenvalue weighted by molar-refractivity contribution is 5.79. The topological polar surface area (TPSA) is 78.2 Å². The van der Waals surface area contributed by atoms with Crippen molar-refractivity contribution in [2.24, 2.45) is 5.92 Å². The summed E-state index contributed by atoms with van der Waals surface area (Å²) < 4.78 is 30.0. The molecular weight excluding hydrogens is 330 g/mol. The highest BCUT2D eigenvalue weighted by Crippen LogP contribution is 2.28. The summed E-state index contributed by atoms with van der Waals surface area (Å²) in [6.45, 7) is 1.50. The van der Waals surface area contributed by atoms with Crippen LogP contribution in [-0.2, 0) is 22.6 Å². The summed E-state index contributed by atoms with van der Waals surface area (Å²) in [5.74, 6) is -0.162. The number of anilines is 1. The molecule has 1 N–H and O–H groups in total. The molecule has 0 aromatic carbocycles. The highest BCUT2D eigenvalue weighted by atomic mass is 19.3. The second-order valence-electron chi connectivity index (χ2n) is 6.30. The summed E-state index contributed by atoms with van der Waals surface area (Å²) in [5, 5.41) is 11.7. The smallest absolute Gasteiger partial charge is 0.255 e. The number of carbonyl (C=O) groups is 1. The second kappa shape index (κ2) is 7.74. The maximum atomic E-state index is 12.3. The molecule has 6 nitrogen and oxygen atoms in total. The van der Waals surface area contributed by atoms with E-state index in [1.54, 1.807) is 6.07 Å². The Morgan fingerprint density at radius 1 is 1.56 bits per heavy atom. The molecule has 0 bridgehead atoms. The zero-order chi connectivity index (χ0) is 17.8. The summed E-state index contributed by atoms with van der Waals surface area (Å²) in [7, 11) is 0. The van der Waals surface area contributed by atoms with Gasteiger partial charge in [-0.25, -0.2) is 13.8 Å². The number of piperidine rings is 1. The van der Waals surface area contributed by atoms with Crippen molar-refractivity contribution in [3.63, 3.8) is 0 Å². The first-order valence-electron chi connectivity index (χ1n) is 8.40. The first kappa shape index (κ1) is 17.5. The van der Waals surface area contributed by atoms with Gasteiger partial charge in [0.05, 0.1) is 36.9 Å². The fraction of sp³-hybridized carbons (Fsp3) is 0.588. The molecule has 0 spiro atoms. The van der Waals surface area contributed by atoms with Crippen LogP contribution in [0.1, 0.15) is 29.7 Å². The van der Waals surface area contributed by atoms with Crippen LogP contribution < -0.4 is 10.2 Å². The van der Waals surface area contributed by atoms with Crippen molar-refractivity contribution in [3.05, 3.63) is 22.9 Å². The maximum Gasteiger partial charge on any atom is 0.255 e. The first-order chi connectivity index (χ1) is 12.1. The van der Waals surface area contributed by atoms with Gasteiger partial charge in [0, 0.05) is 25.1 Å². The van der Waals surface area contributed by atoms with Crippen LogP contribution in [0.15, 0.2) is 6.07 Å². The van der Waals surface area contributed by atoms with Crippen LogP contribution in [0.25, 0.3) is 0 Å². The average Bonchev–Trinajstić information content (AvgIpc) is 2.65. The third-order valence-corrected chi connectivity index (χ3v) is 4.55. The van der Waals surface area contributed by atoms with Crippen molar-refractivity contribution in [1.29, 1.82) is 5.26 Å². The molecule has 1 saturated heterocycles. The molecule has 1 aromatic rings. The van der Waals surface area contributed by atoms with Gasteiger partial charge in [0.25, 0.3) is 6.43 Å². The van der Waals surface area contributed by atoms with E-state index >= 15 is 0 Å². The summed E-state index contributed by atoms with van der Waals surface area (Å²) in [5.41, 5.74) is 2.30. The molecule has 0 radical (unpaired) electrons. The number of halogens is 2. The number of ether oxygens (including phenoxy) is 1. The Morgan fingerprint density at radius 3 is 3.16 bits per heavy atom. The Labute approximate surface area is 144 Å². The van der Waals surface area contributed by atoms with Crippen LogP contribution in [0.4, 0.5) is 14.6 Å². The van der Waals surface area contributed by atoms with Crippen molar-refractivity contribution < 1.29 is 18.3 Å². The van der Waals surface area contributed by atoms with Crippen molar-refractivity contribution in [1.82, 2.24) is 10.3 Å². The number of fused-ring (bicyclic) bond motifs is 1. The van der Waals surface area contributed by atoms with E-state index in [4.69, 9.17) is 4.74 Å². The van der Waals surface area contributed by atoms with Gasteiger partial charge >= 0.3 is 0 Å². The molecule has 25 heavy (non-hydrogen) atoms. The lowest BCUT2D eigenvalue weighted by Crippen LogP contribution is -2.44. The molecule has 1 atom stereocenters. The van der Waals surface area contributed by atoms with Gasteiger partial charge in [0.2, 0.25) is 5.91 Å². The Hall–Kier alpha value is -2.27. The number of rotatable bonds is 4. The third-order valence-electron chi connectivity index (χ3n) is 4.55. The van der Waals surface area contributed by atoms with E-state index in [9.17, 15) is 18.8 Å². The monoisotopic (exact) mass is 350 g/mol. The number of pyridine rings is 1. The molecular formula is C17H20F2N4O2. The number of hydrogen-bond acceptors (Lipinski definition) is 5. The van der Waals surface area contributed by atoms with E-state index < -0.39 is 13.0 Å². The third kappa shape index (κ3) is 4.04. The SMILES string of the molecule is N#Cc1cc2c(nc1N1CCCC(C(=O)NCC(F)F)C1)CCOC2. The average molecular weight is 350 g/mol. The fourth-order valence-electron chi connectivity index (χ4n) is 3.30. The van der Waals surface area contributed by atoms with Gasteiger partial charge in [-0.2, -0.15) is 5.26 Å². The van der Waals surface area contributed by atoms with E-state index in [1.807, 2.05) is 4.90 Å². The number of carbonyl (C=O) groups excluding carboxylic acids is 1. The van der Waals surface area contributed by atoms with Gasteiger partial charge in [-0.3, -0.25) is 4.79 Å². The number of hydrogen-bond donors (Lipinski definition) is 1. The van der Waals surface area contributed by atoms with Crippen LogP contribution in [0.5, 0.6) is 0 Å². The largest absolute Gasteiger partial charge is 0.376 e. The minimum absolute atomic E-state index is 0.366. The molecule has 1 amide bonds. The van der Waals surface area contributed by atoms with Crippen LogP contribution in [0.3, 0.4) is 0 Å². The molecule has 3 rings (SSSR count). The molecule has 1 aromatic heterocycles. The number of alkyl halides is 2. The van der Waals surface area contributed by atoms with E-state index in [1.165, 1.54) is 0 Å². The standard InChI is InChI=1S/C17H20F2N4O2/c18-15(19)8-21-17(24)11-2-1-4-23(9-11)16-12(7-20)6-13-10-25-5-3-14(13)22-16/h6,11,15H,1-5,8-10H2,(H,21,24). The van der Waals surface area contributed by atoms with Crippen LogP contribution >= 0.6 is 0 Å². The Kier molecular flexibility index (Phi) is 5.43. The van der Waals surface area contributed by atoms with Gasteiger partial charge in [-0.15, -0.1) is 0 Å². The predicted octanol–water partition coefficient (Wildman–Crippen LogP) is 1.62. The zero-order valence-electron chi connectivity index (χ0n) is 13.8. The Morgan fingerprint density at radius 2 is 2.40 bits per heavy atom.